The van der Waals surface area contributed by atoms with Crippen LogP contribution < -0.4 is 10.9 Å². The van der Waals surface area contributed by atoms with Gasteiger partial charge in [0.2, 0.25) is 5.91 Å². The van der Waals surface area contributed by atoms with Gasteiger partial charge in [-0.25, -0.2) is 0 Å². The molecule has 20 heavy (non-hydrogen) atoms. The average molecular weight is 291 g/mol. The van der Waals surface area contributed by atoms with Crippen molar-refractivity contribution in [2.75, 3.05) is 5.32 Å². The number of amides is 1. The number of pyridine rings is 1. The SMILES string of the molecule is Cc1ccc(NC(=O)Cn2cc(Cl)ccc2=O)c(C)c1. The van der Waals surface area contributed by atoms with E-state index in [-0.39, 0.29) is 18.0 Å². The van der Waals surface area contributed by atoms with Crippen LogP contribution in [-0.2, 0) is 11.3 Å². The fraction of sp³-hybridized carbons (Fsp3) is 0.200. The van der Waals surface area contributed by atoms with Crippen LogP contribution in [0.2, 0.25) is 5.02 Å². The molecule has 0 aliphatic heterocycles. The summed E-state index contributed by atoms with van der Waals surface area (Å²) in [6, 6.07) is 8.60. The number of carbonyl (C=O) groups excluding carboxylic acids is 1. The van der Waals surface area contributed by atoms with Crippen molar-refractivity contribution in [1.82, 2.24) is 4.57 Å². The van der Waals surface area contributed by atoms with Crippen LogP contribution >= 0.6 is 11.6 Å². The number of hydrogen-bond donors (Lipinski definition) is 1. The second-order valence-corrected chi connectivity index (χ2v) is 5.12. The van der Waals surface area contributed by atoms with E-state index in [4.69, 9.17) is 11.6 Å². The minimum atomic E-state index is -0.263. The van der Waals surface area contributed by atoms with Crippen LogP contribution in [0.15, 0.2) is 41.3 Å². The predicted molar refractivity (Wildman–Crippen MR) is 80.3 cm³/mol. The highest BCUT2D eigenvalue weighted by Crippen LogP contribution is 2.15. The van der Waals surface area contributed by atoms with E-state index >= 15 is 0 Å². The number of halogens is 1. The number of nitrogens with zero attached hydrogens (tertiary/aromatic N) is 1. The summed E-state index contributed by atoms with van der Waals surface area (Å²) in [5.74, 6) is -0.263. The zero-order chi connectivity index (χ0) is 14.7. The van der Waals surface area contributed by atoms with Gasteiger partial charge in [0.1, 0.15) is 6.54 Å². The molecule has 0 fully saturated rings. The van der Waals surface area contributed by atoms with Crippen LogP contribution in [0.5, 0.6) is 0 Å². The lowest BCUT2D eigenvalue weighted by atomic mass is 10.1. The number of aryl methyl sites for hydroxylation is 2. The Morgan fingerprint density at radius 1 is 1.25 bits per heavy atom. The van der Waals surface area contributed by atoms with Crippen LogP contribution in [0.4, 0.5) is 5.69 Å². The van der Waals surface area contributed by atoms with E-state index in [0.717, 1.165) is 16.8 Å². The molecule has 1 heterocycles. The van der Waals surface area contributed by atoms with Crippen molar-refractivity contribution < 1.29 is 4.79 Å². The van der Waals surface area contributed by atoms with E-state index in [9.17, 15) is 9.59 Å². The van der Waals surface area contributed by atoms with E-state index in [0.29, 0.717) is 5.02 Å². The van der Waals surface area contributed by atoms with Crippen molar-refractivity contribution in [2.45, 2.75) is 20.4 Å². The molecular formula is C15H15ClN2O2. The van der Waals surface area contributed by atoms with Gasteiger partial charge in [-0.3, -0.25) is 9.59 Å². The molecule has 2 rings (SSSR count). The molecule has 0 aliphatic rings. The summed E-state index contributed by atoms with van der Waals surface area (Å²) in [6.07, 6.45) is 1.45. The molecule has 0 saturated carbocycles. The van der Waals surface area contributed by atoms with Gasteiger partial charge in [0.05, 0.1) is 5.02 Å². The highest BCUT2D eigenvalue weighted by atomic mass is 35.5. The Morgan fingerprint density at radius 3 is 2.70 bits per heavy atom. The minimum Gasteiger partial charge on any atom is -0.324 e. The molecule has 1 N–H and O–H groups in total. The van der Waals surface area contributed by atoms with E-state index in [1.807, 2.05) is 32.0 Å². The first-order valence-corrected chi connectivity index (χ1v) is 6.56. The highest BCUT2D eigenvalue weighted by Gasteiger charge is 2.07. The monoisotopic (exact) mass is 290 g/mol. The maximum absolute atomic E-state index is 12.0. The standard InChI is InChI=1S/C15H15ClN2O2/c1-10-3-5-13(11(2)7-10)17-14(19)9-18-8-12(16)4-6-15(18)20/h3-8H,9H2,1-2H3,(H,17,19). The number of nitrogens with one attached hydrogen (secondary N) is 1. The molecule has 0 unspecified atom stereocenters. The highest BCUT2D eigenvalue weighted by molar-refractivity contribution is 6.30. The first kappa shape index (κ1) is 14.3. The Bertz CT molecular complexity index is 707. The third-order valence-corrected chi connectivity index (χ3v) is 3.14. The molecular weight excluding hydrogens is 276 g/mol. The molecule has 4 nitrogen and oxygen atoms in total. The molecule has 2 aromatic rings. The van der Waals surface area contributed by atoms with Gasteiger partial charge >= 0.3 is 0 Å². The van der Waals surface area contributed by atoms with Crippen LogP contribution in [0.25, 0.3) is 0 Å². The Morgan fingerprint density at radius 2 is 2.00 bits per heavy atom. The maximum atomic E-state index is 12.0. The molecule has 1 amide bonds. The van der Waals surface area contributed by atoms with Crippen molar-refractivity contribution in [3.63, 3.8) is 0 Å². The molecule has 0 aliphatic carbocycles. The Kier molecular flexibility index (Phi) is 4.25. The third kappa shape index (κ3) is 3.48. The van der Waals surface area contributed by atoms with Crippen LogP contribution in [-0.4, -0.2) is 10.5 Å². The summed E-state index contributed by atoms with van der Waals surface area (Å²) >= 11 is 5.81. The Hall–Kier alpha value is -2.07. The van der Waals surface area contributed by atoms with Gasteiger partial charge in [0.25, 0.3) is 5.56 Å². The lowest BCUT2D eigenvalue weighted by Gasteiger charge is -2.10. The summed E-state index contributed by atoms with van der Waals surface area (Å²) in [4.78, 5) is 23.6. The van der Waals surface area contributed by atoms with E-state index in [1.54, 1.807) is 0 Å². The molecule has 1 aromatic carbocycles. The summed E-state index contributed by atoms with van der Waals surface area (Å²) in [7, 11) is 0. The van der Waals surface area contributed by atoms with Crippen molar-refractivity contribution in [3.8, 4) is 0 Å². The van der Waals surface area contributed by atoms with Crippen LogP contribution in [0.3, 0.4) is 0 Å². The number of rotatable bonds is 3. The summed E-state index contributed by atoms with van der Waals surface area (Å²) in [5.41, 5.74) is 2.60. The molecule has 104 valence electrons. The lowest BCUT2D eigenvalue weighted by Crippen LogP contribution is -2.26. The number of anilines is 1. The molecule has 1 aromatic heterocycles. The molecule has 0 saturated heterocycles. The Labute approximate surface area is 122 Å². The van der Waals surface area contributed by atoms with E-state index in [1.165, 1.54) is 22.9 Å². The Balaban J connectivity index is 2.13. The zero-order valence-electron chi connectivity index (χ0n) is 11.3. The molecule has 5 heteroatoms. The van der Waals surface area contributed by atoms with Gasteiger partial charge in [-0.15, -0.1) is 0 Å². The maximum Gasteiger partial charge on any atom is 0.251 e. The third-order valence-electron chi connectivity index (χ3n) is 2.92. The predicted octanol–water partition coefficient (Wildman–Crippen LogP) is 2.76. The van der Waals surface area contributed by atoms with Crippen molar-refractivity contribution >= 4 is 23.2 Å². The van der Waals surface area contributed by atoms with Crippen LogP contribution in [0, 0.1) is 13.8 Å². The summed E-state index contributed by atoms with van der Waals surface area (Å²) in [6.45, 7) is 3.85. The molecule has 0 radical (unpaired) electrons. The number of aromatic nitrogens is 1. The fourth-order valence-electron chi connectivity index (χ4n) is 1.92. The summed E-state index contributed by atoms with van der Waals surface area (Å²) in [5, 5.41) is 3.21. The van der Waals surface area contributed by atoms with E-state index < -0.39 is 0 Å². The fourth-order valence-corrected chi connectivity index (χ4v) is 2.10. The smallest absolute Gasteiger partial charge is 0.251 e. The zero-order valence-corrected chi connectivity index (χ0v) is 12.1. The van der Waals surface area contributed by atoms with Gasteiger partial charge < -0.3 is 9.88 Å². The van der Waals surface area contributed by atoms with Crippen molar-refractivity contribution in [3.05, 3.63) is 63.0 Å². The minimum absolute atomic E-state index is 0.0628. The number of carbonyl (C=O) groups is 1. The average Bonchev–Trinajstić information content (AvgIpc) is 2.37. The van der Waals surface area contributed by atoms with Gasteiger partial charge in [-0.1, -0.05) is 29.3 Å². The van der Waals surface area contributed by atoms with E-state index in [2.05, 4.69) is 5.32 Å². The quantitative estimate of drug-likeness (QED) is 0.945. The largest absolute Gasteiger partial charge is 0.324 e. The normalized spacial score (nSPS) is 10.3. The molecule has 0 atom stereocenters. The van der Waals surface area contributed by atoms with Crippen molar-refractivity contribution in [2.24, 2.45) is 0 Å². The van der Waals surface area contributed by atoms with Gasteiger partial charge in [-0.05, 0) is 31.5 Å². The molecule has 0 bridgehead atoms. The van der Waals surface area contributed by atoms with Gasteiger partial charge in [-0.2, -0.15) is 0 Å². The second-order valence-electron chi connectivity index (χ2n) is 4.68. The second kappa shape index (κ2) is 5.92. The molecule has 0 spiro atoms. The summed E-state index contributed by atoms with van der Waals surface area (Å²) < 4.78 is 1.28. The van der Waals surface area contributed by atoms with Crippen LogP contribution in [0.1, 0.15) is 11.1 Å². The lowest BCUT2D eigenvalue weighted by molar-refractivity contribution is -0.116. The first-order valence-electron chi connectivity index (χ1n) is 6.19. The van der Waals surface area contributed by atoms with Gasteiger partial charge in [0, 0.05) is 18.0 Å². The van der Waals surface area contributed by atoms with Gasteiger partial charge in [0.15, 0.2) is 0 Å². The number of benzene rings is 1. The first-order chi connectivity index (χ1) is 9.45. The number of hydrogen-bond acceptors (Lipinski definition) is 2. The van der Waals surface area contributed by atoms with Crippen molar-refractivity contribution in [1.29, 1.82) is 0 Å². The topological polar surface area (TPSA) is 51.1 Å².